The third-order valence-electron chi connectivity index (χ3n) is 1.95. The van der Waals surface area contributed by atoms with Gasteiger partial charge in [-0.2, -0.15) is 0 Å². The summed E-state index contributed by atoms with van der Waals surface area (Å²) in [6, 6.07) is 5.73. The second-order valence-corrected chi connectivity index (χ2v) is 2.89. The first-order valence-corrected chi connectivity index (χ1v) is 4.07. The van der Waals surface area contributed by atoms with Crippen molar-refractivity contribution in [2.45, 2.75) is 0 Å². The normalized spacial score (nSPS) is 14.1. The smallest absolute Gasteiger partial charge is 0.169 e. The molecule has 0 spiro atoms. The minimum Gasteiger partial charge on any atom is -0.493 e. The van der Waals surface area contributed by atoms with Crippen LogP contribution in [0.3, 0.4) is 0 Å². The average molecular weight is 177 g/mol. The zero-order valence-corrected chi connectivity index (χ0v) is 7.41. The molecule has 1 aliphatic rings. The Hall–Kier alpha value is -1.64. The molecule has 0 radical (unpaired) electrons. The Labute approximate surface area is 76.8 Å². The number of nitrogens with two attached hydrogens (primary N) is 1. The molecule has 0 bridgehead atoms. The fourth-order valence-corrected chi connectivity index (χ4v) is 1.36. The molecule has 1 aliphatic heterocycles. The Bertz CT molecular complexity index is 358. The van der Waals surface area contributed by atoms with Gasteiger partial charge in [0.05, 0.1) is 7.11 Å². The zero-order chi connectivity index (χ0) is 9.26. The van der Waals surface area contributed by atoms with E-state index in [4.69, 9.17) is 15.2 Å². The van der Waals surface area contributed by atoms with Gasteiger partial charge in [0.25, 0.3) is 0 Å². The van der Waals surface area contributed by atoms with Gasteiger partial charge in [-0.1, -0.05) is 12.1 Å². The molecule has 1 aromatic rings. The van der Waals surface area contributed by atoms with Crippen LogP contribution in [0, 0.1) is 0 Å². The number of benzene rings is 1. The van der Waals surface area contributed by atoms with Gasteiger partial charge in [0, 0.05) is 11.3 Å². The van der Waals surface area contributed by atoms with Crippen LogP contribution in [0.5, 0.6) is 11.5 Å². The number of methoxy groups -OCH3 is 1. The molecule has 0 aromatic heterocycles. The molecule has 1 aromatic carbocycles. The molecule has 13 heavy (non-hydrogen) atoms. The number of rotatable bonds is 1. The number of ether oxygens (including phenoxy) is 2. The van der Waals surface area contributed by atoms with E-state index in [1.54, 1.807) is 7.11 Å². The quantitative estimate of drug-likeness (QED) is 0.705. The van der Waals surface area contributed by atoms with Gasteiger partial charge in [-0.05, 0) is 12.1 Å². The van der Waals surface area contributed by atoms with E-state index in [1.165, 1.54) is 0 Å². The van der Waals surface area contributed by atoms with Crippen molar-refractivity contribution in [1.29, 1.82) is 0 Å². The summed E-state index contributed by atoms with van der Waals surface area (Å²) in [5.74, 6) is 1.53. The summed E-state index contributed by atoms with van der Waals surface area (Å²) in [6.07, 6.45) is 1.90. The summed E-state index contributed by atoms with van der Waals surface area (Å²) in [4.78, 5) is 0. The van der Waals surface area contributed by atoms with Crippen molar-refractivity contribution in [2.75, 3.05) is 13.7 Å². The highest BCUT2D eigenvalue weighted by Gasteiger charge is 2.13. The van der Waals surface area contributed by atoms with Crippen molar-refractivity contribution in [3.05, 3.63) is 29.5 Å². The minimum atomic E-state index is 0.438. The van der Waals surface area contributed by atoms with E-state index in [2.05, 4.69) is 0 Å². The Kier molecular flexibility index (Phi) is 1.85. The number of hydrogen-bond acceptors (Lipinski definition) is 3. The fourth-order valence-electron chi connectivity index (χ4n) is 1.36. The van der Waals surface area contributed by atoms with Gasteiger partial charge in [0.2, 0.25) is 0 Å². The Morgan fingerprint density at radius 1 is 1.46 bits per heavy atom. The van der Waals surface area contributed by atoms with Crippen molar-refractivity contribution < 1.29 is 9.47 Å². The third-order valence-corrected chi connectivity index (χ3v) is 1.95. The molecule has 3 heteroatoms. The van der Waals surface area contributed by atoms with Gasteiger partial charge in [-0.25, -0.2) is 0 Å². The first-order valence-electron chi connectivity index (χ1n) is 4.07. The second-order valence-electron chi connectivity index (χ2n) is 2.89. The molecule has 0 aliphatic carbocycles. The van der Waals surface area contributed by atoms with Crippen LogP contribution in [0.4, 0.5) is 0 Å². The summed E-state index contributed by atoms with van der Waals surface area (Å²) >= 11 is 0. The molecule has 0 atom stereocenters. The standard InChI is InChI=1S/C10H11NO2/c1-12-9-4-2-3-7-5-8(11)6-13-10(7)9/h2-5H,6,11H2,1H3. The maximum Gasteiger partial charge on any atom is 0.169 e. The highest BCUT2D eigenvalue weighted by Crippen LogP contribution is 2.34. The third kappa shape index (κ3) is 1.33. The zero-order valence-electron chi connectivity index (χ0n) is 7.41. The first kappa shape index (κ1) is 7.98. The van der Waals surface area contributed by atoms with Crippen LogP contribution in [0.15, 0.2) is 23.9 Å². The van der Waals surface area contributed by atoms with Gasteiger partial charge in [-0.15, -0.1) is 0 Å². The van der Waals surface area contributed by atoms with Crippen molar-refractivity contribution in [2.24, 2.45) is 5.73 Å². The molecular formula is C10H11NO2. The lowest BCUT2D eigenvalue weighted by atomic mass is 10.1. The van der Waals surface area contributed by atoms with Crippen LogP contribution in [-0.4, -0.2) is 13.7 Å². The molecule has 2 rings (SSSR count). The topological polar surface area (TPSA) is 44.5 Å². The van der Waals surface area contributed by atoms with Crippen molar-refractivity contribution in [1.82, 2.24) is 0 Å². The number of fused-ring (bicyclic) bond motifs is 1. The summed E-state index contributed by atoms with van der Waals surface area (Å²) in [6.45, 7) is 0.438. The van der Waals surface area contributed by atoms with Gasteiger partial charge in [0.1, 0.15) is 6.61 Å². The molecule has 0 saturated heterocycles. The SMILES string of the molecule is COc1cccc2c1OCC(N)=C2. The maximum absolute atomic E-state index is 5.64. The van der Waals surface area contributed by atoms with E-state index in [1.807, 2.05) is 24.3 Å². The average Bonchev–Trinajstić information content (AvgIpc) is 2.16. The predicted molar refractivity (Wildman–Crippen MR) is 50.7 cm³/mol. The van der Waals surface area contributed by atoms with E-state index in [0.29, 0.717) is 6.61 Å². The summed E-state index contributed by atoms with van der Waals surface area (Å²) in [5, 5.41) is 0. The van der Waals surface area contributed by atoms with Gasteiger partial charge in [-0.3, -0.25) is 0 Å². The summed E-state index contributed by atoms with van der Waals surface area (Å²) < 4.78 is 10.6. The molecule has 0 fully saturated rings. The fraction of sp³-hybridized carbons (Fsp3) is 0.200. The van der Waals surface area contributed by atoms with Crippen LogP contribution in [0.25, 0.3) is 6.08 Å². The van der Waals surface area contributed by atoms with E-state index in [-0.39, 0.29) is 0 Å². The summed E-state index contributed by atoms with van der Waals surface area (Å²) in [5.41, 5.74) is 7.35. The molecular weight excluding hydrogens is 166 g/mol. The van der Waals surface area contributed by atoms with Crippen LogP contribution in [-0.2, 0) is 0 Å². The molecule has 1 heterocycles. The van der Waals surface area contributed by atoms with Crippen molar-refractivity contribution in [3.63, 3.8) is 0 Å². The van der Waals surface area contributed by atoms with Gasteiger partial charge >= 0.3 is 0 Å². The monoisotopic (exact) mass is 177 g/mol. The minimum absolute atomic E-state index is 0.438. The van der Waals surface area contributed by atoms with Crippen LogP contribution < -0.4 is 15.2 Å². The number of para-hydroxylation sites is 1. The number of hydrogen-bond donors (Lipinski definition) is 1. The first-order chi connectivity index (χ1) is 6.31. The molecule has 0 unspecified atom stereocenters. The summed E-state index contributed by atoms with van der Waals surface area (Å²) in [7, 11) is 1.63. The Morgan fingerprint density at radius 3 is 3.08 bits per heavy atom. The molecule has 0 saturated carbocycles. The largest absolute Gasteiger partial charge is 0.493 e. The predicted octanol–water partition coefficient (Wildman–Crippen LogP) is 1.39. The molecule has 2 N–H and O–H groups in total. The van der Waals surface area contributed by atoms with Gasteiger partial charge < -0.3 is 15.2 Å². The van der Waals surface area contributed by atoms with E-state index < -0.39 is 0 Å². The lowest BCUT2D eigenvalue weighted by Crippen LogP contribution is -2.13. The van der Waals surface area contributed by atoms with E-state index >= 15 is 0 Å². The molecule has 68 valence electrons. The maximum atomic E-state index is 5.64. The highest BCUT2D eigenvalue weighted by atomic mass is 16.5. The Balaban J connectivity index is 2.52. The highest BCUT2D eigenvalue weighted by molar-refractivity contribution is 5.65. The van der Waals surface area contributed by atoms with E-state index in [9.17, 15) is 0 Å². The van der Waals surface area contributed by atoms with Crippen molar-refractivity contribution >= 4 is 6.08 Å². The van der Waals surface area contributed by atoms with Crippen LogP contribution in [0.2, 0.25) is 0 Å². The van der Waals surface area contributed by atoms with Crippen LogP contribution in [0.1, 0.15) is 5.56 Å². The molecule has 0 amide bonds. The van der Waals surface area contributed by atoms with E-state index in [0.717, 1.165) is 22.8 Å². The second kappa shape index (κ2) is 3.01. The lowest BCUT2D eigenvalue weighted by Gasteiger charge is -2.17. The molecule has 3 nitrogen and oxygen atoms in total. The van der Waals surface area contributed by atoms with Crippen LogP contribution >= 0.6 is 0 Å². The lowest BCUT2D eigenvalue weighted by molar-refractivity contribution is 0.314. The van der Waals surface area contributed by atoms with Crippen molar-refractivity contribution in [3.8, 4) is 11.5 Å². The Morgan fingerprint density at radius 2 is 2.31 bits per heavy atom. The van der Waals surface area contributed by atoms with Gasteiger partial charge in [0.15, 0.2) is 11.5 Å².